The van der Waals surface area contributed by atoms with Crippen molar-refractivity contribution in [3.05, 3.63) is 49.6 Å². The van der Waals surface area contributed by atoms with Crippen LogP contribution >= 0.6 is 27.7 Å². The third-order valence-electron chi connectivity index (χ3n) is 8.60. The number of thioether (sulfide) groups is 1. The molecule has 0 saturated carbocycles. The zero-order valence-corrected chi connectivity index (χ0v) is 27.2. The van der Waals surface area contributed by atoms with Crippen LogP contribution in [0.4, 0.5) is 5.69 Å². The van der Waals surface area contributed by atoms with Crippen LogP contribution in [-0.4, -0.2) is 92.9 Å². The zero-order valence-electron chi connectivity index (χ0n) is 24.8. The van der Waals surface area contributed by atoms with Gasteiger partial charge in [-0.25, -0.2) is 0 Å². The molecule has 0 aromatic heterocycles. The largest absolute Gasteiger partial charge is 0.494 e. The molecule has 3 amide bonds. The summed E-state index contributed by atoms with van der Waals surface area (Å²) in [5.74, 6) is -0.798. The summed E-state index contributed by atoms with van der Waals surface area (Å²) < 4.78 is 4.88. The number of rotatable bonds is 16. The molecule has 1 aromatic rings. The molecule has 3 saturated heterocycles. The van der Waals surface area contributed by atoms with Crippen LogP contribution < -0.4 is 9.64 Å². The molecular weight excluding hydrogens is 618 g/mol. The highest BCUT2D eigenvalue weighted by Gasteiger charge is 2.76. The number of nitrogens with zero attached hydrogens (tertiary/aromatic N) is 3. The number of aliphatic hydroxyl groups is 1. The fraction of sp³-hybridized carbons (Fsp3) is 0.594. The predicted molar refractivity (Wildman–Crippen MR) is 172 cm³/mol. The van der Waals surface area contributed by atoms with E-state index in [0.29, 0.717) is 57.7 Å². The van der Waals surface area contributed by atoms with Crippen molar-refractivity contribution in [3.8, 4) is 5.75 Å². The van der Waals surface area contributed by atoms with Gasteiger partial charge in [0.2, 0.25) is 17.7 Å². The molecule has 3 unspecified atom stereocenters. The van der Waals surface area contributed by atoms with Crippen LogP contribution in [0, 0.1) is 11.8 Å². The van der Waals surface area contributed by atoms with Crippen molar-refractivity contribution in [1.29, 1.82) is 0 Å². The first-order chi connectivity index (χ1) is 20.3. The molecule has 42 heavy (non-hydrogen) atoms. The van der Waals surface area contributed by atoms with E-state index in [1.54, 1.807) is 33.7 Å². The molecule has 2 bridgehead atoms. The van der Waals surface area contributed by atoms with Gasteiger partial charge < -0.3 is 24.5 Å². The van der Waals surface area contributed by atoms with E-state index >= 15 is 0 Å². The van der Waals surface area contributed by atoms with Crippen molar-refractivity contribution in [1.82, 2.24) is 9.80 Å². The van der Waals surface area contributed by atoms with Gasteiger partial charge in [0.1, 0.15) is 11.8 Å². The maximum atomic E-state index is 14.5. The highest BCUT2D eigenvalue weighted by atomic mass is 79.9. The van der Waals surface area contributed by atoms with Crippen molar-refractivity contribution in [2.24, 2.45) is 11.8 Å². The number of amides is 3. The lowest BCUT2D eigenvalue weighted by molar-refractivity contribution is -0.142. The van der Waals surface area contributed by atoms with E-state index in [9.17, 15) is 19.5 Å². The molecule has 8 nitrogen and oxygen atoms in total. The predicted octanol–water partition coefficient (Wildman–Crippen LogP) is 4.66. The Morgan fingerprint density at radius 1 is 1.14 bits per heavy atom. The van der Waals surface area contributed by atoms with Crippen molar-refractivity contribution >= 4 is 51.1 Å². The number of hydrogen-bond acceptors (Lipinski definition) is 6. The van der Waals surface area contributed by atoms with Crippen molar-refractivity contribution in [2.75, 3.05) is 44.3 Å². The van der Waals surface area contributed by atoms with Crippen molar-refractivity contribution < 1.29 is 24.2 Å². The van der Waals surface area contributed by atoms with E-state index < -0.39 is 22.6 Å². The molecule has 6 atom stereocenters. The minimum Gasteiger partial charge on any atom is -0.494 e. The van der Waals surface area contributed by atoms with Gasteiger partial charge in [0.15, 0.2) is 0 Å². The molecule has 0 aliphatic carbocycles. The summed E-state index contributed by atoms with van der Waals surface area (Å²) in [6, 6.07) is 6.74. The molecule has 4 rings (SSSR count). The summed E-state index contributed by atoms with van der Waals surface area (Å²) in [6.45, 7) is 14.0. The Bertz CT molecular complexity index is 1150. The van der Waals surface area contributed by atoms with Crippen LogP contribution in [0.3, 0.4) is 0 Å². The van der Waals surface area contributed by atoms with Gasteiger partial charge in [0.05, 0.1) is 23.2 Å². The fourth-order valence-corrected chi connectivity index (χ4v) is 10.4. The molecule has 1 N–H and O–H groups in total. The van der Waals surface area contributed by atoms with E-state index in [1.807, 2.05) is 36.1 Å². The summed E-state index contributed by atoms with van der Waals surface area (Å²) in [5.41, 5.74) is 0.714. The second-order valence-electron chi connectivity index (χ2n) is 11.2. The van der Waals surface area contributed by atoms with Gasteiger partial charge in [0.25, 0.3) is 0 Å². The highest BCUT2D eigenvalue weighted by Crippen LogP contribution is 2.68. The first kappa shape index (κ1) is 32.6. The lowest BCUT2D eigenvalue weighted by Gasteiger charge is -2.38. The van der Waals surface area contributed by atoms with E-state index in [1.165, 1.54) is 0 Å². The first-order valence-electron chi connectivity index (χ1n) is 15.1. The van der Waals surface area contributed by atoms with Crippen LogP contribution in [0.25, 0.3) is 0 Å². The Labute approximate surface area is 262 Å². The number of carbonyl (C=O) groups is 3. The second kappa shape index (κ2) is 14.4. The number of likely N-dealkylation sites (tertiary alicyclic amines) is 1. The molecule has 230 valence electrons. The van der Waals surface area contributed by atoms with E-state index in [2.05, 4.69) is 36.0 Å². The molecular formula is C32H44BrN3O5S. The lowest BCUT2D eigenvalue weighted by atomic mass is 9.70. The van der Waals surface area contributed by atoms with Gasteiger partial charge in [0, 0.05) is 48.6 Å². The molecule has 0 radical (unpaired) electrons. The topological polar surface area (TPSA) is 90.4 Å². The maximum absolute atomic E-state index is 14.5. The summed E-state index contributed by atoms with van der Waals surface area (Å²) >= 11 is 5.52. The third-order valence-corrected chi connectivity index (χ3v) is 11.8. The minimum absolute atomic E-state index is 0.0115. The Balaban J connectivity index is 1.73. The maximum Gasteiger partial charge on any atom is 0.247 e. The smallest absolute Gasteiger partial charge is 0.247 e. The Morgan fingerprint density at radius 3 is 2.48 bits per heavy atom. The Morgan fingerprint density at radius 2 is 1.86 bits per heavy atom. The number of halogens is 1. The molecule has 3 heterocycles. The van der Waals surface area contributed by atoms with Gasteiger partial charge in [-0.15, -0.1) is 24.9 Å². The number of alkyl halides is 1. The summed E-state index contributed by atoms with van der Waals surface area (Å²) in [7, 11) is 0. The van der Waals surface area contributed by atoms with Crippen LogP contribution in [0.15, 0.2) is 49.6 Å². The standard InChI is InChI=1S/C32H44BrN3O5S/c1-5-9-18-34(16-6-2)31(40)28-32-21-24(33)27(42-32)25(26(32)30(39)36(28)19-10-11-20-37)29(38)35(17-7-3)22-12-14-23(15-13-22)41-8-4/h6-7,12-15,24-28,37H,2-3,5,8-11,16-21H2,1,4H3/t24?,25-,26+,27-,28?,32?/m1/s1. The number of aliphatic hydroxyl groups excluding tert-OH is 1. The SMILES string of the molecule is C=CCN(CCCC)C(=O)C1N(CCCCO)C(=O)[C@@H]2[C@@H](C(=O)N(CC=C)c3ccc(OCC)cc3)[C@@H]3SC12CC3Br. The van der Waals surface area contributed by atoms with Crippen LogP contribution in [0.5, 0.6) is 5.75 Å². The van der Waals surface area contributed by atoms with Gasteiger partial charge in [-0.1, -0.05) is 41.4 Å². The molecule has 3 fully saturated rings. The summed E-state index contributed by atoms with van der Waals surface area (Å²) in [5, 5.41) is 9.31. The number of hydrogen-bond donors (Lipinski definition) is 1. The van der Waals surface area contributed by atoms with Gasteiger partial charge in [-0.05, 0) is 56.9 Å². The third kappa shape index (κ3) is 6.04. The number of anilines is 1. The van der Waals surface area contributed by atoms with E-state index in [-0.39, 0.29) is 34.4 Å². The monoisotopic (exact) mass is 661 g/mol. The second-order valence-corrected chi connectivity index (χ2v) is 13.9. The fourth-order valence-electron chi connectivity index (χ4n) is 6.82. The number of ether oxygens (including phenoxy) is 1. The van der Waals surface area contributed by atoms with Gasteiger partial charge in [-0.2, -0.15) is 0 Å². The zero-order chi connectivity index (χ0) is 30.4. The lowest BCUT2D eigenvalue weighted by Crippen LogP contribution is -2.56. The Hall–Kier alpha value is -2.30. The number of carbonyl (C=O) groups excluding carboxylic acids is 3. The molecule has 10 heteroatoms. The highest BCUT2D eigenvalue weighted by molar-refractivity contribution is 9.09. The number of fused-ring (bicyclic) bond motifs is 1. The average Bonchev–Trinajstić information content (AvgIpc) is 3.57. The number of benzene rings is 1. The minimum atomic E-state index is -0.711. The van der Waals surface area contributed by atoms with Crippen LogP contribution in [-0.2, 0) is 14.4 Å². The van der Waals surface area contributed by atoms with E-state index in [0.717, 1.165) is 18.6 Å². The van der Waals surface area contributed by atoms with Gasteiger partial charge >= 0.3 is 0 Å². The van der Waals surface area contributed by atoms with Crippen molar-refractivity contribution in [2.45, 2.75) is 66.8 Å². The van der Waals surface area contributed by atoms with E-state index in [4.69, 9.17) is 4.74 Å². The molecule has 1 aromatic carbocycles. The summed E-state index contributed by atoms with van der Waals surface area (Å²) in [4.78, 5) is 48.5. The number of unbranched alkanes of at least 4 members (excludes halogenated alkanes) is 2. The van der Waals surface area contributed by atoms with Crippen LogP contribution in [0.2, 0.25) is 0 Å². The first-order valence-corrected chi connectivity index (χ1v) is 16.9. The average molecular weight is 663 g/mol. The quantitative estimate of drug-likeness (QED) is 0.158. The molecule has 3 aliphatic rings. The Kier molecular flexibility index (Phi) is 11.2. The summed E-state index contributed by atoms with van der Waals surface area (Å²) in [6.07, 6.45) is 7.00. The molecule has 1 spiro atoms. The normalized spacial score (nSPS) is 27.6. The molecule has 3 aliphatic heterocycles. The van der Waals surface area contributed by atoms with Gasteiger partial charge in [-0.3, -0.25) is 14.4 Å². The van der Waals surface area contributed by atoms with Crippen molar-refractivity contribution in [3.63, 3.8) is 0 Å². The van der Waals surface area contributed by atoms with Crippen LogP contribution in [0.1, 0.15) is 46.0 Å².